The van der Waals surface area contributed by atoms with Crippen molar-refractivity contribution in [3.63, 3.8) is 0 Å². The zero-order valence-corrected chi connectivity index (χ0v) is 24.5. The second-order valence-electron chi connectivity index (χ2n) is 13.3. The number of non-ortho nitro benzene ring substituents is 1. The molecule has 7 rings (SSSR count). The predicted octanol–water partition coefficient (Wildman–Crippen LogP) is 4.99. The number of hydrogen-bond donors (Lipinski definition) is 2. The van der Waals surface area contributed by atoms with Gasteiger partial charge in [-0.2, -0.15) is 0 Å². The number of aliphatic hydroxyl groups excluding tert-OH is 2. The van der Waals surface area contributed by atoms with E-state index in [1.54, 1.807) is 30.4 Å². The number of carbonyl (C=O) groups excluding carboxylic acids is 2. The van der Waals surface area contributed by atoms with Gasteiger partial charge in [-0.25, -0.2) is 0 Å². The van der Waals surface area contributed by atoms with Gasteiger partial charge in [-0.3, -0.25) is 19.7 Å². The molecule has 0 amide bonds. The van der Waals surface area contributed by atoms with Gasteiger partial charge in [-0.1, -0.05) is 37.6 Å². The first-order chi connectivity index (χ1) is 21.0. The van der Waals surface area contributed by atoms with Crippen molar-refractivity contribution >= 4 is 17.3 Å². The fourth-order valence-electron chi connectivity index (χ4n) is 9.33. The number of benzene rings is 2. The van der Waals surface area contributed by atoms with E-state index in [2.05, 4.69) is 6.92 Å². The number of nitro benzene ring substituents is 1. The molecule has 0 aromatic heterocycles. The lowest BCUT2D eigenvalue weighted by atomic mass is 9.46. The van der Waals surface area contributed by atoms with Crippen LogP contribution in [0.3, 0.4) is 0 Å². The number of carbonyl (C=O) groups is 2. The average Bonchev–Trinajstić information content (AvgIpc) is 3.50. The van der Waals surface area contributed by atoms with Gasteiger partial charge in [-0.05, 0) is 73.9 Å². The number of allylic oxidation sites excluding steroid dienone is 4. The maximum Gasteiger partial charge on any atom is 0.269 e. The van der Waals surface area contributed by atoms with Crippen LogP contribution in [-0.4, -0.2) is 51.1 Å². The summed E-state index contributed by atoms with van der Waals surface area (Å²) in [4.78, 5) is 36.4. The molecule has 0 unspecified atom stereocenters. The third-order valence-corrected chi connectivity index (χ3v) is 11.2. The molecule has 2 aromatic rings. The van der Waals surface area contributed by atoms with Crippen molar-refractivity contribution in [3.8, 4) is 11.5 Å². The zero-order valence-electron chi connectivity index (χ0n) is 24.5. The molecule has 9 atom stereocenters. The second-order valence-corrected chi connectivity index (χ2v) is 13.3. The lowest BCUT2D eigenvalue weighted by Gasteiger charge is -2.59. The number of ketones is 2. The summed E-state index contributed by atoms with van der Waals surface area (Å²) in [6, 6.07) is 12.8. The van der Waals surface area contributed by atoms with E-state index in [4.69, 9.17) is 14.2 Å². The highest BCUT2D eigenvalue weighted by Crippen LogP contribution is 2.70. The quantitative estimate of drug-likeness (QED) is 0.345. The van der Waals surface area contributed by atoms with Gasteiger partial charge in [0.15, 0.2) is 23.5 Å². The topological polar surface area (TPSA) is 145 Å². The number of Topliss-reactive ketones (excluding diaryl/α,β-unsaturated/α-hetero) is 1. The summed E-state index contributed by atoms with van der Waals surface area (Å²) in [6.45, 7) is 3.39. The van der Waals surface area contributed by atoms with Crippen molar-refractivity contribution in [2.75, 3.05) is 6.61 Å². The molecule has 4 fully saturated rings. The highest BCUT2D eigenvalue weighted by Gasteiger charge is 2.75. The van der Waals surface area contributed by atoms with E-state index < -0.39 is 52.2 Å². The normalized spacial score (nSPS) is 38.6. The molecule has 44 heavy (non-hydrogen) atoms. The number of nitrogens with zero attached hydrogens (tertiary/aromatic N) is 1. The molecule has 1 aliphatic heterocycles. The average molecular weight is 602 g/mol. The van der Waals surface area contributed by atoms with Crippen LogP contribution in [-0.2, 0) is 19.1 Å². The van der Waals surface area contributed by atoms with Crippen LogP contribution in [0.1, 0.15) is 51.4 Å². The van der Waals surface area contributed by atoms with E-state index in [1.165, 1.54) is 24.3 Å². The molecule has 0 spiro atoms. The predicted molar refractivity (Wildman–Crippen MR) is 157 cm³/mol. The van der Waals surface area contributed by atoms with Gasteiger partial charge >= 0.3 is 0 Å². The molecule has 1 saturated heterocycles. The minimum absolute atomic E-state index is 0.00134. The first kappa shape index (κ1) is 29.0. The Kier molecular flexibility index (Phi) is 6.71. The minimum Gasteiger partial charge on any atom is -0.457 e. The third-order valence-electron chi connectivity index (χ3n) is 11.2. The van der Waals surface area contributed by atoms with E-state index in [-0.39, 0.29) is 29.2 Å². The molecule has 0 bridgehead atoms. The van der Waals surface area contributed by atoms with Crippen molar-refractivity contribution in [2.24, 2.45) is 28.6 Å². The number of fused-ring (bicyclic) bond motifs is 7. The summed E-state index contributed by atoms with van der Waals surface area (Å²) < 4.78 is 19.1. The van der Waals surface area contributed by atoms with E-state index in [0.717, 1.165) is 18.4 Å². The molecule has 10 nitrogen and oxygen atoms in total. The van der Waals surface area contributed by atoms with Gasteiger partial charge in [0.05, 0.1) is 17.1 Å². The molecule has 2 N–H and O–H groups in total. The van der Waals surface area contributed by atoms with Crippen molar-refractivity contribution < 1.29 is 38.9 Å². The number of hydrogen-bond acceptors (Lipinski definition) is 9. The van der Waals surface area contributed by atoms with Crippen LogP contribution in [0.15, 0.2) is 72.3 Å². The summed E-state index contributed by atoms with van der Waals surface area (Å²) in [6.07, 6.45) is 5.35. The molecule has 230 valence electrons. The van der Waals surface area contributed by atoms with Crippen molar-refractivity contribution in [1.29, 1.82) is 0 Å². The van der Waals surface area contributed by atoms with Gasteiger partial charge in [0.2, 0.25) is 0 Å². The lowest BCUT2D eigenvalue weighted by molar-refractivity contribution is -0.384. The summed E-state index contributed by atoms with van der Waals surface area (Å²) in [7, 11) is 0. The van der Waals surface area contributed by atoms with Gasteiger partial charge < -0.3 is 24.4 Å². The fraction of sp³-hybridized carbons (Fsp3) is 0.471. The minimum atomic E-state index is -1.45. The molecular formula is C34H35NO9. The summed E-state index contributed by atoms with van der Waals surface area (Å²) in [5.41, 5.74) is -1.07. The van der Waals surface area contributed by atoms with Crippen LogP contribution in [0.2, 0.25) is 0 Å². The van der Waals surface area contributed by atoms with E-state index in [0.29, 0.717) is 29.9 Å². The molecule has 4 aliphatic carbocycles. The first-order valence-electron chi connectivity index (χ1n) is 15.1. The second kappa shape index (κ2) is 10.2. The van der Waals surface area contributed by atoms with Crippen molar-refractivity contribution in [1.82, 2.24) is 0 Å². The largest absolute Gasteiger partial charge is 0.457 e. The van der Waals surface area contributed by atoms with Crippen molar-refractivity contribution in [3.05, 3.63) is 88.0 Å². The molecular weight excluding hydrogens is 566 g/mol. The Balaban J connectivity index is 1.18. The molecule has 2 aromatic carbocycles. The summed E-state index contributed by atoms with van der Waals surface area (Å²) >= 11 is 0. The Morgan fingerprint density at radius 1 is 1.16 bits per heavy atom. The molecule has 1 heterocycles. The number of nitro groups is 1. The highest BCUT2D eigenvalue weighted by molar-refractivity contribution is 6.01. The Labute approximate surface area is 254 Å². The summed E-state index contributed by atoms with van der Waals surface area (Å²) in [5.74, 6) is 0.354. The first-order valence-corrected chi connectivity index (χ1v) is 15.1. The number of ether oxygens (including phenoxy) is 3. The van der Waals surface area contributed by atoms with Crippen LogP contribution in [0.5, 0.6) is 11.5 Å². The molecule has 5 aliphatic rings. The van der Waals surface area contributed by atoms with E-state index in [9.17, 15) is 29.9 Å². The van der Waals surface area contributed by atoms with Gasteiger partial charge in [0, 0.05) is 34.4 Å². The Hall–Kier alpha value is -3.70. The Bertz CT molecular complexity index is 1600. The highest BCUT2D eigenvalue weighted by atomic mass is 16.7. The van der Waals surface area contributed by atoms with Gasteiger partial charge in [0.1, 0.15) is 18.1 Å². The van der Waals surface area contributed by atoms with Gasteiger partial charge in [0.25, 0.3) is 5.69 Å². The monoisotopic (exact) mass is 601 g/mol. The zero-order chi connectivity index (χ0) is 31.0. The van der Waals surface area contributed by atoms with Crippen molar-refractivity contribution in [2.45, 2.75) is 63.6 Å². The SMILES string of the molecule is C[C@]12C=CC(=O)C=C1CC[C@@H]1[C@@H]2[C@@H](O)C[C@@]2(C)[C@H]1C[C@H]1O[C@@H](c3cccc(Oc4ccc([N+](=O)[O-])cc4)c3)O[C@]12C(=O)CO. The smallest absolute Gasteiger partial charge is 0.269 e. The summed E-state index contributed by atoms with van der Waals surface area (Å²) in [5, 5.41) is 33.0. The maximum absolute atomic E-state index is 13.8. The van der Waals surface area contributed by atoms with Crippen LogP contribution in [0, 0.1) is 38.7 Å². The van der Waals surface area contributed by atoms with E-state index in [1.807, 2.05) is 19.1 Å². The fourth-order valence-corrected chi connectivity index (χ4v) is 9.33. The Morgan fingerprint density at radius 3 is 2.66 bits per heavy atom. The lowest BCUT2D eigenvalue weighted by Crippen LogP contribution is -2.63. The van der Waals surface area contributed by atoms with Crippen LogP contribution < -0.4 is 4.74 Å². The molecule has 10 heteroatoms. The maximum atomic E-state index is 13.8. The standard InChI is InChI=1S/C34H35NO9/c1-32-13-12-22(37)15-20(32)6-11-25-26-16-29-34(28(39)18-36,33(26,2)17-27(38)30(25)32)44-31(43-29)19-4-3-5-24(14-19)42-23-9-7-21(8-10-23)35(40)41/h3-5,7-10,12-15,25-27,29-31,36,38H,6,11,16-18H2,1-2H3/t25-,26-,27-,29+,30+,31+,32-,33-,34+/m0/s1. The molecule has 0 radical (unpaired) electrons. The van der Waals surface area contributed by atoms with Gasteiger partial charge in [-0.15, -0.1) is 0 Å². The van der Waals surface area contributed by atoms with Crippen LogP contribution >= 0.6 is 0 Å². The van der Waals surface area contributed by atoms with Crippen LogP contribution in [0.4, 0.5) is 5.69 Å². The van der Waals surface area contributed by atoms with Crippen LogP contribution in [0.25, 0.3) is 0 Å². The number of rotatable bonds is 6. The third kappa shape index (κ3) is 4.08. The van der Waals surface area contributed by atoms with E-state index >= 15 is 0 Å². The number of aliphatic hydroxyl groups is 2. The Morgan fingerprint density at radius 2 is 1.93 bits per heavy atom. The molecule has 3 saturated carbocycles.